The highest BCUT2D eigenvalue weighted by molar-refractivity contribution is 5.46. The SMILES string of the molecule is Nc1cccc(-n2[nH]ccc2=O)c1. The molecule has 3 N–H and O–H groups in total. The Kier molecular flexibility index (Phi) is 1.66. The number of nitrogen functional groups attached to an aromatic ring is 1. The summed E-state index contributed by atoms with van der Waals surface area (Å²) in [6.07, 6.45) is 1.59. The molecule has 2 aromatic rings. The molecule has 0 saturated heterocycles. The van der Waals surface area contributed by atoms with E-state index in [1.807, 2.05) is 6.07 Å². The van der Waals surface area contributed by atoms with Crippen molar-refractivity contribution in [2.75, 3.05) is 5.73 Å². The molecule has 2 rings (SSSR count). The van der Waals surface area contributed by atoms with Gasteiger partial charge in [-0.15, -0.1) is 0 Å². The van der Waals surface area contributed by atoms with Crippen molar-refractivity contribution in [3.05, 3.63) is 46.9 Å². The van der Waals surface area contributed by atoms with Gasteiger partial charge in [-0.25, -0.2) is 4.68 Å². The lowest BCUT2D eigenvalue weighted by Gasteiger charge is -2.01. The zero-order valence-corrected chi connectivity index (χ0v) is 6.90. The highest BCUT2D eigenvalue weighted by Crippen LogP contribution is 2.08. The lowest BCUT2D eigenvalue weighted by atomic mass is 10.3. The molecule has 4 nitrogen and oxygen atoms in total. The predicted molar refractivity (Wildman–Crippen MR) is 50.8 cm³/mol. The Morgan fingerprint density at radius 3 is 2.77 bits per heavy atom. The molecular formula is C9H9N3O. The summed E-state index contributed by atoms with van der Waals surface area (Å²) < 4.78 is 1.43. The van der Waals surface area contributed by atoms with Crippen molar-refractivity contribution in [2.45, 2.75) is 0 Å². The largest absolute Gasteiger partial charge is 0.399 e. The summed E-state index contributed by atoms with van der Waals surface area (Å²) >= 11 is 0. The van der Waals surface area contributed by atoms with E-state index in [9.17, 15) is 4.79 Å². The Labute approximate surface area is 74.6 Å². The maximum Gasteiger partial charge on any atom is 0.271 e. The second-order valence-corrected chi connectivity index (χ2v) is 2.73. The number of nitrogens with two attached hydrogens (primary N) is 1. The standard InChI is InChI=1S/C9H9N3O/c10-7-2-1-3-8(6-7)12-9(13)4-5-11-12/h1-6,11H,10H2. The summed E-state index contributed by atoms with van der Waals surface area (Å²) in [6, 6.07) is 8.59. The van der Waals surface area contributed by atoms with Gasteiger partial charge in [-0.3, -0.25) is 9.89 Å². The number of aromatic nitrogens is 2. The van der Waals surface area contributed by atoms with E-state index in [0.29, 0.717) is 5.69 Å². The molecule has 4 heteroatoms. The van der Waals surface area contributed by atoms with E-state index in [4.69, 9.17) is 5.73 Å². The number of nitrogens with one attached hydrogen (secondary N) is 1. The molecule has 1 heterocycles. The van der Waals surface area contributed by atoms with Crippen molar-refractivity contribution in [1.29, 1.82) is 0 Å². The van der Waals surface area contributed by atoms with Gasteiger partial charge in [0.2, 0.25) is 0 Å². The fourth-order valence-corrected chi connectivity index (χ4v) is 1.19. The van der Waals surface area contributed by atoms with Crippen LogP contribution in [0.4, 0.5) is 5.69 Å². The van der Waals surface area contributed by atoms with Gasteiger partial charge in [0.25, 0.3) is 5.56 Å². The minimum atomic E-state index is -0.0920. The minimum Gasteiger partial charge on any atom is -0.399 e. The van der Waals surface area contributed by atoms with Crippen molar-refractivity contribution < 1.29 is 0 Å². The molecule has 0 aliphatic heterocycles. The Bertz CT molecular complexity index is 469. The van der Waals surface area contributed by atoms with Gasteiger partial charge in [-0.1, -0.05) is 6.07 Å². The molecule has 66 valence electrons. The number of rotatable bonds is 1. The van der Waals surface area contributed by atoms with Crippen LogP contribution in [0.2, 0.25) is 0 Å². The molecule has 13 heavy (non-hydrogen) atoms. The molecular weight excluding hydrogens is 166 g/mol. The molecule has 0 radical (unpaired) electrons. The van der Waals surface area contributed by atoms with E-state index < -0.39 is 0 Å². The molecule has 0 fully saturated rings. The first-order valence-corrected chi connectivity index (χ1v) is 3.90. The van der Waals surface area contributed by atoms with Crippen molar-refractivity contribution in [2.24, 2.45) is 0 Å². The molecule has 0 aliphatic rings. The summed E-state index contributed by atoms with van der Waals surface area (Å²) in [4.78, 5) is 11.2. The first-order valence-electron chi connectivity index (χ1n) is 3.90. The van der Waals surface area contributed by atoms with Crippen molar-refractivity contribution in [3.8, 4) is 5.69 Å². The quantitative estimate of drug-likeness (QED) is 0.628. The van der Waals surface area contributed by atoms with E-state index in [1.165, 1.54) is 10.7 Å². The summed E-state index contributed by atoms with van der Waals surface area (Å²) in [5, 5.41) is 2.80. The fraction of sp³-hybridized carbons (Fsp3) is 0. The van der Waals surface area contributed by atoms with Gasteiger partial charge in [-0.05, 0) is 18.2 Å². The fourth-order valence-electron chi connectivity index (χ4n) is 1.19. The molecule has 0 unspecified atom stereocenters. The van der Waals surface area contributed by atoms with Crippen LogP contribution in [0.5, 0.6) is 0 Å². The number of nitrogens with zero attached hydrogens (tertiary/aromatic N) is 1. The van der Waals surface area contributed by atoms with Gasteiger partial charge >= 0.3 is 0 Å². The topological polar surface area (TPSA) is 63.8 Å². The lowest BCUT2D eigenvalue weighted by Crippen LogP contribution is -2.13. The molecule has 0 bridgehead atoms. The van der Waals surface area contributed by atoms with E-state index in [0.717, 1.165) is 5.69 Å². The van der Waals surface area contributed by atoms with Crippen molar-refractivity contribution in [1.82, 2.24) is 9.78 Å². The number of anilines is 1. The normalized spacial score (nSPS) is 10.2. The van der Waals surface area contributed by atoms with Crippen LogP contribution in [0, 0.1) is 0 Å². The first-order chi connectivity index (χ1) is 6.27. The Morgan fingerprint density at radius 1 is 1.31 bits per heavy atom. The van der Waals surface area contributed by atoms with E-state index in [2.05, 4.69) is 5.10 Å². The Hall–Kier alpha value is -1.97. The summed E-state index contributed by atoms with van der Waals surface area (Å²) in [6.45, 7) is 0. The van der Waals surface area contributed by atoms with Crippen LogP contribution in [-0.4, -0.2) is 9.78 Å². The van der Waals surface area contributed by atoms with Gasteiger partial charge in [-0.2, -0.15) is 0 Å². The number of hydrogen-bond donors (Lipinski definition) is 2. The smallest absolute Gasteiger partial charge is 0.271 e. The van der Waals surface area contributed by atoms with Crippen LogP contribution < -0.4 is 11.3 Å². The molecule has 0 amide bonds. The first kappa shape index (κ1) is 7.67. The van der Waals surface area contributed by atoms with Gasteiger partial charge in [0.1, 0.15) is 0 Å². The van der Waals surface area contributed by atoms with Crippen LogP contribution in [0.25, 0.3) is 5.69 Å². The zero-order valence-electron chi connectivity index (χ0n) is 6.90. The van der Waals surface area contributed by atoms with Gasteiger partial charge in [0, 0.05) is 18.0 Å². The van der Waals surface area contributed by atoms with E-state index in [1.54, 1.807) is 24.4 Å². The summed E-state index contributed by atoms with van der Waals surface area (Å²) in [7, 11) is 0. The number of hydrogen-bond acceptors (Lipinski definition) is 2. The van der Waals surface area contributed by atoms with Gasteiger partial charge < -0.3 is 5.73 Å². The monoisotopic (exact) mass is 175 g/mol. The van der Waals surface area contributed by atoms with Crippen LogP contribution in [0.3, 0.4) is 0 Å². The zero-order chi connectivity index (χ0) is 9.26. The van der Waals surface area contributed by atoms with Crippen LogP contribution in [-0.2, 0) is 0 Å². The Morgan fingerprint density at radius 2 is 2.15 bits per heavy atom. The second-order valence-electron chi connectivity index (χ2n) is 2.73. The number of benzene rings is 1. The van der Waals surface area contributed by atoms with Crippen LogP contribution in [0.15, 0.2) is 41.3 Å². The summed E-state index contributed by atoms with van der Waals surface area (Å²) in [5.74, 6) is 0. The van der Waals surface area contributed by atoms with Gasteiger partial charge in [0.15, 0.2) is 0 Å². The maximum atomic E-state index is 11.2. The van der Waals surface area contributed by atoms with Crippen molar-refractivity contribution >= 4 is 5.69 Å². The van der Waals surface area contributed by atoms with Gasteiger partial charge in [0.05, 0.1) is 5.69 Å². The van der Waals surface area contributed by atoms with Crippen LogP contribution in [0.1, 0.15) is 0 Å². The molecule has 0 atom stereocenters. The number of H-pyrrole nitrogens is 1. The third-order valence-electron chi connectivity index (χ3n) is 1.78. The highest BCUT2D eigenvalue weighted by Gasteiger charge is 1.98. The lowest BCUT2D eigenvalue weighted by molar-refractivity contribution is 0.850. The van der Waals surface area contributed by atoms with E-state index >= 15 is 0 Å². The Balaban J connectivity index is 2.59. The third-order valence-corrected chi connectivity index (χ3v) is 1.78. The highest BCUT2D eigenvalue weighted by atomic mass is 16.1. The summed E-state index contributed by atoms with van der Waals surface area (Å²) in [5.41, 5.74) is 6.88. The van der Waals surface area contributed by atoms with Crippen molar-refractivity contribution in [3.63, 3.8) is 0 Å². The molecule has 0 aliphatic carbocycles. The predicted octanol–water partition coefficient (Wildman–Crippen LogP) is 0.748. The molecule has 1 aromatic carbocycles. The van der Waals surface area contributed by atoms with E-state index in [-0.39, 0.29) is 5.56 Å². The maximum absolute atomic E-state index is 11.2. The molecule has 0 saturated carbocycles. The average Bonchev–Trinajstić information content (AvgIpc) is 2.51. The second kappa shape index (κ2) is 2.82. The van der Waals surface area contributed by atoms with Crippen LogP contribution >= 0.6 is 0 Å². The third kappa shape index (κ3) is 1.33. The molecule has 0 spiro atoms. The minimum absolute atomic E-state index is 0.0920. The molecule has 1 aromatic heterocycles. The average molecular weight is 175 g/mol. The number of aromatic amines is 1.